The van der Waals surface area contributed by atoms with Crippen molar-refractivity contribution in [1.82, 2.24) is 4.90 Å². The number of thioether (sulfide) groups is 1. The first-order valence-electron chi connectivity index (χ1n) is 5.23. The van der Waals surface area contributed by atoms with Crippen molar-refractivity contribution in [2.75, 3.05) is 24.6 Å². The van der Waals surface area contributed by atoms with Crippen LogP contribution in [0.3, 0.4) is 0 Å². The number of ether oxygens (including phenoxy) is 1. The standard InChI is InChI=1S/C11H11FN2O3S/c12-7-1-2-9(8(13)5-7)18-6-10(15)14-3-4-17-11(14)16/h1-2,5H,3-4,6,13H2. The van der Waals surface area contributed by atoms with Crippen LogP contribution >= 0.6 is 11.8 Å². The molecule has 1 aromatic carbocycles. The number of nitrogens with zero attached hydrogens (tertiary/aromatic N) is 1. The number of amides is 2. The topological polar surface area (TPSA) is 72.6 Å². The van der Waals surface area contributed by atoms with Crippen molar-refractivity contribution in [2.24, 2.45) is 0 Å². The average molecular weight is 270 g/mol. The molecule has 7 heteroatoms. The SMILES string of the molecule is Nc1cc(F)ccc1SCC(=O)N1CCOC1=O. The fourth-order valence-corrected chi connectivity index (χ4v) is 2.31. The number of hydrogen-bond acceptors (Lipinski definition) is 5. The molecule has 1 aliphatic rings. The summed E-state index contributed by atoms with van der Waals surface area (Å²) < 4.78 is 17.5. The normalized spacial score (nSPS) is 14.7. The molecule has 5 nitrogen and oxygen atoms in total. The number of nitrogens with two attached hydrogens (primary N) is 1. The van der Waals surface area contributed by atoms with Gasteiger partial charge in [0.15, 0.2) is 0 Å². The lowest BCUT2D eigenvalue weighted by atomic mass is 10.3. The molecular weight excluding hydrogens is 259 g/mol. The molecule has 0 aromatic heterocycles. The molecule has 18 heavy (non-hydrogen) atoms. The van der Waals surface area contributed by atoms with Gasteiger partial charge in [0.2, 0.25) is 5.91 Å². The number of rotatable bonds is 3. The van der Waals surface area contributed by atoms with Gasteiger partial charge in [-0.1, -0.05) is 0 Å². The van der Waals surface area contributed by atoms with Crippen molar-refractivity contribution in [2.45, 2.75) is 4.90 Å². The number of hydrogen-bond donors (Lipinski definition) is 1. The van der Waals surface area contributed by atoms with E-state index < -0.39 is 11.9 Å². The highest BCUT2D eigenvalue weighted by molar-refractivity contribution is 8.00. The molecule has 0 atom stereocenters. The van der Waals surface area contributed by atoms with E-state index in [4.69, 9.17) is 5.73 Å². The van der Waals surface area contributed by atoms with Crippen LogP contribution in [0.4, 0.5) is 14.9 Å². The molecule has 1 aromatic rings. The molecular formula is C11H11FN2O3S. The van der Waals surface area contributed by atoms with Crippen molar-refractivity contribution in [3.8, 4) is 0 Å². The number of anilines is 1. The summed E-state index contributed by atoms with van der Waals surface area (Å²) in [5.74, 6) is -0.706. The van der Waals surface area contributed by atoms with E-state index in [0.717, 1.165) is 16.7 Å². The molecule has 0 aliphatic carbocycles. The minimum Gasteiger partial charge on any atom is -0.447 e. The molecule has 1 fully saturated rings. The maximum absolute atomic E-state index is 12.8. The number of cyclic esters (lactones) is 1. The maximum atomic E-state index is 12.8. The molecule has 2 amide bonds. The maximum Gasteiger partial charge on any atom is 0.416 e. The molecule has 0 saturated carbocycles. The highest BCUT2D eigenvalue weighted by Crippen LogP contribution is 2.26. The van der Waals surface area contributed by atoms with E-state index >= 15 is 0 Å². The third-order valence-corrected chi connectivity index (χ3v) is 3.46. The van der Waals surface area contributed by atoms with Crippen LogP contribution in [0.15, 0.2) is 23.1 Å². The van der Waals surface area contributed by atoms with E-state index in [2.05, 4.69) is 4.74 Å². The van der Waals surface area contributed by atoms with E-state index in [1.54, 1.807) is 0 Å². The number of halogens is 1. The summed E-state index contributed by atoms with van der Waals surface area (Å²) in [7, 11) is 0. The smallest absolute Gasteiger partial charge is 0.416 e. The molecule has 0 bridgehead atoms. The summed E-state index contributed by atoms with van der Waals surface area (Å²) >= 11 is 1.16. The first kappa shape index (κ1) is 12.7. The third-order valence-electron chi connectivity index (χ3n) is 2.38. The van der Waals surface area contributed by atoms with Crippen LogP contribution in [0.25, 0.3) is 0 Å². The summed E-state index contributed by atoms with van der Waals surface area (Å²) in [4.78, 5) is 24.5. The molecule has 1 heterocycles. The van der Waals surface area contributed by atoms with Gasteiger partial charge in [0.25, 0.3) is 0 Å². The van der Waals surface area contributed by atoms with E-state index in [0.29, 0.717) is 4.90 Å². The minimum atomic E-state index is -0.618. The quantitative estimate of drug-likeness (QED) is 0.665. The Hall–Kier alpha value is -1.76. The van der Waals surface area contributed by atoms with Gasteiger partial charge < -0.3 is 10.5 Å². The lowest BCUT2D eigenvalue weighted by molar-refractivity contribution is -0.124. The monoisotopic (exact) mass is 270 g/mol. The van der Waals surface area contributed by atoms with Crippen molar-refractivity contribution in [1.29, 1.82) is 0 Å². The molecule has 1 aliphatic heterocycles. The Morgan fingerprint density at radius 2 is 2.33 bits per heavy atom. The Bertz CT molecular complexity index is 495. The number of carbonyl (C=O) groups excluding carboxylic acids is 2. The second kappa shape index (κ2) is 5.26. The van der Waals surface area contributed by atoms with Gasteiger partial charge in [-0.25, -0.2) is 14.1 Å². The van der Waals surface area contributed by atoms with Gasteiger partial charge >= 0.3 is 6.09 Å². The minimum absolute atomic E-state index is 0.0604. The molecule has 2 rings (SSSR count). The molecule has 0 radical (unpaired) electrons. The average Bonchev–Trinajstić information content (AvgIpc) is 2.74. The Balaban J connectivity index is 1.95. The van der Waals surface area contributed by atoms with Crippen molar-refractivity contribution >= 4 is 29.4 Å². The first-order valence-corrected chi connectivity index (χ1v) is 6.21. The number of carbonyl (C=O) groups is 2. The summed E-state index contributed by atoms with van der Waals surface area (Å²) in [5, 5.41) is 0. The Kier molecular flexibility index (Phi) is 3.71. The van der Waals surface area contributed by atoms with Gasteiger partial charge in [-0.3, -0.25) is 4.79 Å². The zero-order chi connectivity index (χ0) is 13.1. The number of benzene rings is 1. The van der Waals surface area contributed by atoms with E-state index in [9.17, 15) is 14.0 Å². The second-order valence-electron chi connectivity index (χ2n) is 3.63. The summed E-state index contributed by atoms with van der Waals surface area (Å²) in [6, 6.07) is 3.97. The number of nitrogen functional groups attached to an aromatic ring is 1. The molecule has 0 spiro atoms. The van der Waals surface area contributed by atoms with Crippen molar-refractivity contribution in [3.63, 3.8) is 0 Å². The third kappa shape index (κ3) is 2.73. The number of imide groups is 1. The van der Waals surface area contributed by atoms with Crippen LogP contribution in [-0.4, -0.2) is 35.8 Å². The van der Waals surface area contributed by atoms with Crippen LogP contribution in [0, 0.1) is 5.82 Å². The fourth-order valence-electron chi connectivity index (χ4n) is 1.49. The zero-order valence-corrected chi connectivity index (χ0v) is 10.2. The summed E-state index contributed by atoms with van der Waals surface area (Å²) in [5.41, 5.74) is 5.89. The molecule has 1 saturated heterocycles. The lowest BCUT2D eigenvalue weighted by Gasteiger charge is -2.10. The summed E-state index contributed by atoms with van der Waals surface area (Å²) in [6.45, 7) is 0.505. The fraction of sp³-hybridized carbons (Fsp3) is 0.273. The highest BCUT2D eigenvalue weighted by Gasteiger charge is 2.28. The first-order chi connectivity index (χ1) is 8.58. The van der Waals surface area contributed by atoms with Crippen LogP contribution in [-0.2, 0) is 9.53 Å². The van der Waals surface area contributed by atoms with Crippen LogP contribution < -0.4 is 5.73 Å². The largest absolute Gasteiger partial charge is 0.447 e. The highest BCUT2D eigenvalue weighted by atomic mass is 32.2. The van der Waals surface area contributed by atoms with Crippen LogP contribution in [0.5, 0.6) is 0 Å². The van der Waals surface area contributed by atoms with Gasteiger partial charge in [0, 0.05) is 10.6 Å². The Morgan fingerprint density at radius 3 is 2.94 bits per heavy atom. The zero-order valence-electron chi connectivity index (χ0n) is 9.39. The lowest BCUT2D eigenvalue weighted by Crippen LogP contribution is -2.32. The van der Waals surface area contributed by atoms with Crippen LogP contribution in [0.1, 0.15) is 0 Å². The van der Waals surface area contributed by atoms with E-state index in [1.165, 1.54) is 18.2 Å². The molecule has 0 unspecified atom stereocenters. The Labute approximate surface area is 107 Å². The van der Waals surface area contributed by atoms with Gasteiger partial charge in [-0.15, -0.1) is 11.8 Å². The predicted molar refractivity (Wildman–Crippen MR) is 64.6 cm³/mol. The molecule has 2 N–H and O–H groups in total. The second-order valence-corrected chi connectivity index (χ2v) is 4.65. The van der Waals surface area contributed by atoms with E-state index in [-0.39, 0.29) is 30.5 Å². The predicted octanol–water partition coefficient (Wildman–Crippen LogP) is 1.48. The van der Waals surface area contributed by atoms with Crippen LogP contribution in [0.2, 0.25) is 0 Å². The van der Waals surface area contributed by atoms with Crippen molar-refractivity contribution in [3.05, 3.63) is 24.0 Å². The van der Waals surface area contributed by atoms with Gasteiger partial charge in [0.1, 0.15) is 12.4 Å². The van der Waals surface area contributed by atoms with Gasteiger partial charge in [0.05, 0.1) is 12.3 Å². The van der Waals surface area contributed by atoms with Crippen molar-refractivity contribution < 1.29 is 18.7 Å². The molecule has 96 valence electrons. The van der Waals surface area contributed by atoms with Gasteiger partial charge in [-0.05, 0) is 18.2 Å². The Morgan fingerprint density at radius 1 is 1.56 bits per heavy atom. The summed E-state index contributed by atoms with van der Waals surface area (Å²) in [6.07, 6.45) is -0.618. The van der Waals surface area contributed by atoms with Gasteiger partial charge in [-0.2, -0.15) is 0 Å². The van der Waals surface area contributed by atoms with E-state index in [1.807, 2.05) is 0 Å².